The molecular formula is C17H14FNO7. The van der Waals surface area contributed by atoms with Gasteiger partial charge in [0.25, 0.3) is 0 Å². The minimum absolute atomic E-state index is 0.0171. The van der Waals surface area contributed by atoms with Gasteiger partial charge in [-0.1, -0.05) is 0 Å². The number of carbonyl (C=O) groups excluding carboxylic acids is 2. The Morgan fingerprint density at radius 2 is 1.73 bits per heavy atom. The van der Waals surface area contributed by atoms with Gasteiger partial charge >= 0.3 is 11.7 Å². The number of benzene rings is 2. The fraction of sp³-hybridized carbons (Fsp3) is 0.176. The minimum Gasteiger partial charge on any atom is -0.494 e. The molecule has 0 aliphatic rings. The highest BCUT2D eigenvalue weighted by Gasteiger charge is 2.20. The number of nitro groups is 1. The van der Waals surface area contributed by atoms with Crippen molar-refractivity contribution < 1.29 is 33.1 Å². The molecule has 0 N–H and O–H groups in total. The van der Waals surface area contributed by atoms with Crippen LogP contribution in [0.15, 0.2) is 36.4 Å². The first kappa shape index (κ1) is 18.8. The number of halogens is 1. The number of hydrogen-bond acceptors (Lipinski definition) is 7. The highest BCUT2D eigenvalue weighted by Crippen LogP contribution is 2.28. The maximum absolute atomic E-state index is 13.6. The van der Waals surface area contributed by atoms with Crippen molar-refractivity contribution in [2.45, 2.75) is 0 Å². The van der Waals surface area contributed by atoms with E-state index in [2.05, 4.69) is 4.74 Å². The van der Waals surface area contributed by atoms with Crippen molar-refractivity contribution >= 4 is 17.4 Å². The third kappa shape index (κ3) is 4.12. The van der Waals surface area contributed by atoms with Crippen LogP contribution < -0.4 is 9.47 Å². The average Bonchev–Trinajstić information content (AvgIpc) is 2.65. The lowest BCUT2D eigenvalue weighted by Gasteiger charge is -2.08. The van der Waals surface area contributed by atoms with Crippen LogP contribution in [0, 0.1) is 15.9 Å². The van der Waals surface area contributed by atoms with Gasteiger partial charge in [-0.25, -0.2) is 9.18 Å². The van der Waals surface area contributed by atoms with E-state index in [1.54, 1.807) is 0 Å². The van der Waals surface area contributed by atoms with Crippen LogP contribution in [-0.2, 0) is 4.74 Å². The lowest BCUT2D eigenvalue weighted by Crippen LogP contribution is -2.13. The van der Waals surface area contributed by atoms with Crippen LogP contribution >= 0.6 is 0 Å². The van der Waals surface area contributed by atoms with Gasteiger partial charge in [0.05, 0.1) is 24.7 Å². The number of esters is 1. The van der Waals surface area contributed by atoms with Crippen molar-refractivity contribution in [1.82, 2.24) is 0 Å². The van der Waals surface area contributed by atoms with E-state index in [1.165, 1.54) is 31.4 Å². The molecule has 8 nitrogen and oxygen atoms in total. The molecule has 9 heteroatoms. The number of nitro benzene ring substituents is 1. The zero-order valence-electron chi connectivity index (χ0n) is 13.9. The van der Waals surface area contributed by atoms with Gasteiger partial charge in [0, 0.05) is 11.6 Å². The van der Waals surface area contributed by atoms with Crippen LogP contribution in [0.1, 0.15) is 20.7 Å². The number of carbonyl (C=O) groups is 2. The summed E-state index contributed by atoms with van der Waals surface area (Å²) >= 11 is 0. The summed E-state index contributed by atoms with van der Waals surface area (Å²) in [5.74, 6) is -2.27. The van der Waals surface area contributed by atoms with Gasteiger partial charge in [0.15, 0.2) is 29.7 Å². The zero-order valence-corrected chi connectivity index (χ0v) is 13.9. The lowest BCUT2D eigenvalue weighted by atomic mass is 10.1. The summed E-state index contributed by atoms with van der Waals surface area (Å²) in [6, 6.07) is 7.06. The number of ether oxygens (including phenoxy) is 3. The van der Waals surface area contributed by atoms with E-state index in [1.807, 2.05) is 0 Å². The molecule has 0 unspecified atom stereocenters. The van der Waals surface area contributed by atoms with Crippen molar-refractivity contribution in [3.05, 3.63) is 63.5 Å². The molecule has 0 saturated heterocycles. The molecular weight excluding hydrogens is 349 g/mol. The molecule has 136 valence electrons. The Balaban J connectivity index is 2.18. The molecule has 0 aliphatic carbocycles. The maximum Gasteiger partial charge on any atom is 0.338 e. The van der Waals surface area contributed by atoms with Crippen LogP contribution in [0.2, 0.25) is 0 Å². The van der Waals surface area contributed by atoms with Gasteiger partial charge in [-0.3, -0.25) is 14.9 Å². The van der Waals surface area contributed by atoms with E-state index in [4.69, 9.17) is 9.47 Å². The molecule has 0 atom stereocenters. The first-order valence-corrected chi connectivity index (χ1v) is 7.23. The molecule has 0 bridgehead atoms. The molecule has 0 amide bonds. The summed E-state index contributed by atoms with van der Waals surface area (Å²) in [4.78, 5) is 33.9. The third-order valence-corrected chi connectivity index (χ3v) is 3.41. The highest BCUT2D eigenvalue weighted by atomic mass is 19.1. The van der Waals surface area contributed by atoms with Gasteiger partial charge in [-0.15, -0.1) is 0 Å². The third-order valence-electron chi connectivity index (χ3n) is 3.41. The molecule has 2 aromatic rings. The monoisotopic (exact) mass is 363 g/mol. The zero-order chi connectivity index (χ0) is 19.3. The molecule has 26 heavy (non-hydrogen) atoms. The molecule has 0 radical (unpaired) electrons. The summed E-state index contributed by atoms with van der Waals surface area (Å²) in [5.41, 5.74) is -0.506. The van der Waals surface area contributed by atoms with Crippen molar-refractivity contribution in [3.8, 4) is 11.5 Å². The molecule has 0 spiro atoms. The maximum atomic E-state index is 13.6. The van der Waals surface area contributed by atoms with E-state index in [0.717, 1.165) is 19.2 Å². The summed E-state index contributed by atoms with van der Waals surface area (Å²) in [6.45, 7) is -0.551. The Hall–Kier alpha value is -3.49. The summed E-state index contributed by atoms with van der Waals surface area (Å²) < 4.78 is 28.1. The van der Waals surface area contributed by atoms with E-state index in [9.17, 15) is 24.1 Å². The fourth-order valence-electron chi connectivity index (χ4n) is 2.09. The number of ketones is 1. The number of rotatable bonds is 7. The van der Waals surface area contributed by atoms with Gasteiger partial charge in [0.1, 0.15) is 0 Å². The van der Waals surface area contributed by atoms with Gasteiger partial charge < -0.3 is 14.2 Å². The number of hydrogen-bond donors (Lipinski definition) is 0. The summed E-state index contributed by atoms with van der Waals surface area (Å²) in [6.07, 6.45) is 0. The summed E-state index contributed by atoms with van der Waals surface area (Å²) in [5, 5.41) is 11.1. The van der Waals surface area contributed by atoms with Crippen LogP contribution in [0.4, 0.5) is 10.1 Å². The smallest absolute Gasteiger partial charge is 0.338 e. The van der Waals surface area contributed by atoms with Crippen molar-refractivity contribution in [2.75, 3.05) is 20.8 Å². The predicted molar refractivity (Wildman–Crippen MR) is 87.2 cm³/mol. The molecule has 0 saturated carbocycles. The molecule has 2 aromatic carbocycles. The van der Waals surface area contributed by atoms with E-state index < -0.39 is 34.8 Å². The lowest BCUT2D eigenvalue weighted by molar-refractivity contribution is -0.385. The van der Waals surface area contributed by atoms with Gasteiger partial charge in [0.2, 0.25) is 0 Å². The molecule has 0 heterocycles. The summed E-state index contributed by atoms with van der Waals surface area (Å²) in [7, 11) is 2.44. The molecule has 2 rings (SSSR count). The second-order valence-electron chi connectivity index (χ2n) is 4.99. The Bertz CT molecular complexity index is 866. The SMILES string of the molecule is COC(=O)c1ccc(OCC(=O)c2ccc(OC)c(F)c2)c([N+](=O)[O-])c1. The number of nitrogens with zero attached hydrogens (tertiary/aromatic N) is 1. The normalized spacial score (nSPS) is 10.1. The highest BCUT2D eigenvalue weighted by molar-refractivity contribution is 5.97. The first-order chi connectivity index (χ1) is 12.4. The molecule has 0 aromatic heterocycles. The standard InChI is InChI=1S/C17H14FNO7/c1-24-15-5-3-10(7-12(15)18)14(20)9-26-16-6-4-11(17(21)25-2)8-13(16)19(22)23/h3-8H,9H2,1-2H3. The minimum atomic E-state index is -0.751. The second-order valence-corrected chi connectivity index (χ2v) is 4.99. The van der Waals surface area contributed by atoms with Gasteiger partial charge in [-0.2, -0.15) is 0 Å². The van der Waals surface area contributed by atoms with E-state index in [0.29, 0.717) is 0 Å². The molecule has 0 aliphatic heterocycles. The Morgan fingerprint density at radius 1 is 1.08 bits per heavy atom. The van der Waals surface area contributed by atoms with Crippen LogP contribution in [0.25, 0.3) is 0 Å². The Kier molecular flexibility index (Phi) is 5.84. The molecule has 0 fully saturated rings. The van der Waals surface area contributed by atoms with Gasteiger partial charge in [-0.05, 0) is 30.3 Å². The largest absolute Gasteiger partial charge is 0.494 e. The number of methoxy groups -OCH3 is 2. The quantitative estimate of drug-likeness (QED) is 0.322. The number of Topliss-reactive ketones (excluding diaryl/α,β-unsaturated/α-hetero) is 1. The van der Waals surface area contributed by atoms with E-state index >= 15 is 0 Å². The Morgan fingerprint density at radius 3 is 2.31 bits per heavy atom. The predicted octanol–water partition coefficient (Wildman–Crippen LogP) is 2.79. The topological polar surface area (TPSA) is 105 Å². The second kappa shape index (κ2) is 8.06. The first-order valence-electron chi connectivity index (χ1n) is 7.23. The average molecular weight is 363 g/mol. The van der Waals surface area contributed by atoms with Crippen molar-refractivity contribution in [3.63, 3.8) is 0 Å². The fourth-order valence-corrected chi connectivity index (χ4v) is 2.09. The van der Waals surface area contributed by atoms with Crippen molar-refractivity contribution in [2.24, 2.45) is 0 Å². The van der Waals surface area contributed by atoms with Crippen molar-refractivity contribution in [1.29, 1.82) is 0 Å². The van der Waals surface area contributed by atoms with E-state index in [-0.39, 0.29) is 22.6 Å². The van der Waals surface area contributed by atoms with Crippen LogP contribution in [-0.4, -0.2) is 37.5 Å². The Labute approximate surface area is 147 Å². The van der Waals surface area contributed by atoms with Crippen LogP contribution in [0.3, 0.4) is 0 Å². The van der Waals surface area contributed by atoms with Crippen LogP contribution in [0.5, 0.6) is 11.5 Å².